The van der Waals surface area contributed by atoms with Crippen molar-refractivity contribution in [1.29, 1.82) is 0 Å². The minimum atomic E-state index is -5.56. The van der Waals surface area contributed by atoms with E-state index < -0.39 is 24.2 Å². The Morgan fingerprint density at radius 3 is 1.23 bits per heavy atom. The first-order chi connectivity index (χ1) is 5.59. The molecule has 0 aliphatic carbocycles. The predicted molar refractivity (Wildman–Crippen MR) is 27.1 cm³/mol. The molecule has 78 valence electrons. The first kappa shape index (κ1) is 14.1. The van der Waals surface area contributed by atoms with Crippen molar-refractivity contribution in [2.45, 2.75) is 6.18 Å². The van der Waals surface area contributed by atoms with Crippen LogP contribution in [0.3, 0.4) is 0 Å². The number of rotatable bonds is 0. The lowest BCUT2D eigenvalue weighted by Gasteiger charge is -1.98. The van der Waals surface area contributed by atoms with Crippen LogP contribution < -0.4 is 0 Å². The van der Waals surface area contributed by atoms with Gasteiger partial charge in [-0.2, -0.15) is 26.3 Å². The van der Waals surface area contributed by atoms with Crippen LogP contribution in [0, 0.1) is 0 Å². The number of carbonyl (C=O) groups is 1. The normalized spacial score (nSPS) is 9.69. The molecule has 0 radical (unpaired) electrons. The Hall–Kier alpha value is -1.41. The van der Waals surface area contributed by atoms with Gasteiger partial charge >= 0.3 is 18.4 Å². The van der Waals surface area contributed by atoms with Crippen LogP contribution in [0.5, 0.6) is 0 Å². The van der Waals surface area contributed by atoms with Crippen molar-refractivity contribution in [2.75, 3.05) is 0 Å². The van der Waals surface area contributed by atoms with Crippen molar-refractivity contribution in [3.63, 3.8) is 0 Å². The van der Waals surface area contributed by atoms with E-state index in [4.69, 9.17) is 15.0 Å². The fourth-order valence-electron chi connectivity index (χ4n) is 0.107. The van der Waals surface area contributed by atoms with Gasteiger partial charge in [0.15, 0.2) is 0 Å². The topological polar surface area (TPSA) is 57.5 Å². The summed E-state index contributed by atoms with van der Waals surface area (Å²) in [6, 6.07) is 0. The Bertz CT molecular complexity index is 198. The maximum atomic E-state index is 11.0. The number of carboxylic acid groups (broad SMARTS) is 2. The molecule has 3 nitrogen and oxygen atoms in total. The zero-order chi connectivity index (χ0) is 11.2. The van der Waals surface area contributed by atoms with E-state index in [1.165, 1.54) is 0 Å². The summed E-state index contributed by atoms with van der Waals surface area (Å²) in [5.74, 6) is -3.33. The highest BCUT2D eigenvalue weighted by Gasteiger charge is 2.38. The number of hydrogen-bond donors (Lipinski definition) is 2. The van der Waals surface area contributed by atoms with Gasteiger partial charge in [0, 0.05) is 0 Å². The van der Waals surface area contributed by atoms with Gasteiger partial charge < -0.3 is 10.2 Å². The van der Waals surface area contributed by atoms with Gasteiger partial charge in [-0.3, -0.25) is 0 Å². The van der Waals surface area contributed by atoms with Gasteiger partial charge in [0.1, 0.15) is 0 Å². The van der Waals surface area contributed by atoms with Gasteiger partial charge in [-0.05, 0) is 0 Å². The van der Waals surface area contributed by atoms with Crippen LogP contribution in [-0.2, 0) is 0 Å². The van der Waals surface area contributed by atoms with Crippen LogP contribution in [0.15, 0.2) is 11.9 Å². The average molecular weight is 212 g/mol. The number of allylic oxidation sites excluding steroid dienone is 1. The SMILES string of the molecule is FC(F)=C(F)C(F)(F)F.O=C(O)O. The van der Waals surface area contributed by atoms with E-state index in [0.29, 0.717) is 0 Å². The van der Waals surface area contributed by atoms with Gasteiger partial charge in [-0.1, -0.05) is 0 Å². The van der Waals surface area contributed by atoms with Gasteiger partial charge in [-0.25, -0.2) is 4.79 Å². The van der Waals surface area contributed by atoms with Gasteiger partial charge in [0.25, 0.3) is 5.83 Å². The largest absolute Gasteiger partial charge is 0.503 e. The molecule has 0 aliphatic rings. The van der Waals surface area contributed by atoms with Crippen LogP contribution in [0.4, 0.5) is 31.1 Å². The fourth-order valence-corrected chi connectivity index (χ4v) is 0.107. The molecule has 0 rings (SSSR count). The molecule has 13 heavy (non-hydrogen) atoms. The molecule has 0 heterocycles. The van der Waals surface area contributed by atoms with Crippen LogP contribution in [0.25, 0.3) is 0 Å². The Morgan fingerprint density at radius 2 is 1.23 bits per heavy atom. The second-order valence-electron chi connectivity index (χ2n) is 1.35. The number of halogens is 6. The molecule has 0 saturated carbocycles. The van der Waals surface area contributed by atoms with E-state index in [-0.39, 0.29) is 0 Å². The van der Waals surface area contributed by atoms with Gasteiger partial charge in [-0.15, -0.1) is 0 Å². The zero-order valence-corrected chi connectivity index (χ0v) is 5.57. The molecule has 0 bridgehead atoms. The molecule has 0 aromatic rings. The Labute approximate surface area is 66.9 Å². The van der Waals surface area contributed by atoms with Crippen molar-refractivity contribution in [2.24, 2.45) is 0 Å². The lowest BCUT2D eigenvalue weighted by molar-refractivity contribution is -0.113. The van der Waals surface area contributed by atoms with Gasteiger partial charge in [0.2, 0.25) is 0 Å². The summed E-state index contributed by atoms with van der Waals surface area (Å²) >= 11 is 0. The van der Waals surface area contributed by atoms with E-state index in [9.17, 15) is 26.3 Å². The van der Waals surface area contributed by atoms with Crippen LogP contribution in [0.1, 0.15) is 0 Å². The Kier molecular flexibility index (Phi) is 5.73. The van der Waals surface area contributed by atoms with Crippen molar-refractivity contribution in [1.82, 2.24) is 0 Å². The molecule has 0 aliphatic heterocycles. The monoisotopic (exact) mass is 212 g/mol. The van der Waals surface area contributed by atoms with Crippen molar-refractivity contribution >= 4 is 6.16 Å². The van der Waals surface area contributed by atoms with Crippen molar-refractivity contribution < 1.29 is 41.4 Å². The van der Waals surface area contributed by atoms with Crippen molar-refractivity contribution in [3.05, 3.63) is 11.9 Å². The summed E-state index contributed by atoms with van der Waals surface area (Å²) in [5.41, 5.74) is 0. The van der Waals surface area contributed by atoms with E-state index in [1.807, 2.05) is 0 Å². The molecule has 2 N–H and O–H groups in total. The Morgan fingerprint density at radius 1 is 1.00 bits per heavy atom. The molecule has 0 fully saturated rings. The molecule has 9 heteroatoms. The molecule has 0 aromatic heterocycles. The van der Waals surface area contributed by atoms with Crippen molar-refractivity contribution in [3.8, 4) is 0 Å². The molecule has 0 aromatic carbocycles. The second-order valence-corrected chi connectivity index (χ2v) is 1.35. The summed E-state index contributed by atoms with van der Waals surface area (Å²) in [6.07, 6.45) is -10.7. The summed E-state index contributed by atoms with van der Waals surface area (Å²) in [5, 5.41) is 13.9. The number of hydrogen-bond acceptors (Lipinski definition) is 1. The smallest absolute Gasteiger partial charge is 0.450 e. The summed E-state index contributed by atoms with van der Waals surface area (Å²) < 4.78 is 64.8. The van der Waals surface area contributed by atoms with Crippen LogP contribution >= 0.6 is 0 Å². The van der Waals surface area contributed by atoms with E-state index in [0.717, 1.165) is 0 Å². The molecule has 0 amide bonds. The highest BCUT2D eigenvalue weighted by atomic mass is 19.4. The van der Waals surface area contributed by atoms with E-state index in [1.54, 1.807) is 0 Å². The van der Waals surface area contributed by atoms with Crippen LogP contribution in [0.2, 0.25) is 0 Å². The molecule has 0 unspecified atom stereocenters. The second kappa shape index (κ2) is 5.27. The highest BCUT2D eigenvalue weighted by Crippen LogP contribution is 2.29. The lowest BCUT2D eigenvalue weighted by atomic mass is 10.6. The maximum absolute atomic E-state index is 11.0. The third-order valence-electron chi connectivity index (χ3n) is 0.415. The molecular weight excluding hydrogens is 210 g/mol. The first-order valence-corrected chi connectivity index (χ1v) is 2.29. The molecular formula is C4H2F6O3. The molecule has 0 atom stereocenters. The van der Waals surface area contributed by atoms with E-state index >= 15 is 0 Å². The summed E-state index contributed by atoms with van der Waals surface area (Å²) in [6.45, 7) is 0. The highest BCUT2D eigenvalue weighted by molar-refractivity contribution is 5.53. The average Bonchev–Trinajstić information content (AvgIpc) is 1.82. The molecule has 0 saturated heterocycles. The predicted octanol–water partition coefficient (Wildman–Crippen LogP) is 2.85. The van der Waals surface area contributed by atoms with E-state index in [2.05, 4.69) is 0 Å². The Balaban J connectivity index is 0. The first-order valence-electron chi connectivity index (χ1n) is 2.29. The minimum Gasteiger partial charge on any atom is -0.450 e. The third kappa shape index (κ3) is 10.6. The number of alkyl halides is 3. The van der Waals surface area contributed by atoms with Gasteiger partial charge in [0.05, 0.1) is 0 Å². The summed E-state index contributed by atoms with van der Waals surface area (Å²) in [7, 11) is 0. The zero-order valence-electron chi connectivity index (χ0n) is 5.57. The minimum absolute atomic E-state index is 1.83. The fraction of sp³-hybridized carbons (Fsp3) is 0.250. The standard InChI is InChI=1S/C3F6.CH2O3/c4-1(2(5)6)3(7,8)9;2-1(3)4/h;(H2,2,3,4). The summed E-state index contributed by atoms with van der Waals surface area (Å²) in [4.78, 5) is 8.56. The van der Waals surface area contributed by atoms with Crippen LogP contribution in [-0.4, -0.2) is 22.5 Å². The maximum Gasteiger partial charge on any atom is 0.503 e. The third-order valence-corrected chi connectivity index (χ3v) is 0.415. The lowest BCUT2D eigenvalue weighted by Crippen LogP contribution is -2.08. The molecule has 0 spiro atoms. The quantitative estimate of drug-likeness (QED) is 0.607.